The Bertz CT molecular complexity index is 510. The van der Waals surface area contributed by atoms with E-state index in [0.29, 0.717) is 0 Å². The normalized spacial score (nSPS) is 9.47. The average Bonchev–Trinajstić information content (AvgIpc) is 2.41. The lowest BCUT2D eigenvalue weighted by Crippen LogP contribution is -2.06. The van der Waals surface area contributed by atoms with Crippen LogP contribution < -0.4 is 4.74 Å². The van der Waals surface area contributed by atoms with Crippen LogP contribution in [0.3, 0.4) is 0 Å². The lowest BCUT2D eigenvalue weighted by molar-refractivity contribution is -0.385. The number of hydrogen-bond acceptors (Lipinski definition) is 5. The minimum absolute atomic E-state index is 0.00190. The second-order valence-corrected chi connectivity index (χ2v) is 3.43. The van der Waals surface area contributed by atoms with Crippen LogP contribution in [0.1, 0.15) is 10.4 Å². The van der Waals surface area contributed by atoms with Crippen LogP contribution in [0.25, 0.3) is 0 Å². The van der Waals surface area contributed by atoms with E-state index in [0.717, 1.165) is 0 Å². The Kier molecular flexibility index (Phi) is 5.28. The lowest BCUT2D eigenvalue weighted by atomic mass is 10.2. The van der Waals surface area contributed by atoms with Crippen molar-refractivity contribution in [1.82, 2.24) is 0 Å². The number of carbonyl (C=O) groups excluding carboxylic acids is 1. The number of benzene rings is 1. The Balaban J connectivity index is 3.02. The fourth-order valence-corrected chi connectivity index (χ4v) is 1.27. The largest absolute Gasteiger partial charge is 0.483 e. The monoisotopic (exact) mass is 263 g/mol. The molecule has 0 N–H and O–H groups in total. The molecule has 0 heterocycles. The summed E-state index contributed by atoms with van der Waals surface area (Å²) in [5, 5.41) is 10.8. The van der Waals surface area contributed by atoms with Crippen LogP contribution in [-0.4, -0.2) is 24.1 Å². The fraction of sp³-hybridized carbons (Fsp3) is 0.154. The van der Waals surface area contributed by atoms with Gasteiger partial charge in [-0.25, -0.2) is 4.79 Å². The summed E-state index contributed by atoms with van der Waals surface area (Å²) >= 11 is 0. The minimum Gasteiger partial charge on any atom is -0.483 e. The number of ether oxygens (including phenoxy) is 2. The summed E-state index contributed by atoms with van der Waals surface area (Å²) in [7, 11) is 0. The third-order valence-electron chi connectivity index (χ3n) is 2.08. The second-order valence-electron chi connectivity index (χ2n) is 3.43. The third-order valence-corrected chi connectivity index (χ3v) is 2.08. The highest BCUT2D eigenvalue weighted by molar-refractivity contribution is 5.90. The summed E-state index contributed by atoms with van der Waals surface area (Å²) in [6, 6.07) is 3.78. The Hall–Kier alpha value is -2.63. The van der Waals surface area contributed by atoms with Crippen LogP contribution in [0.5, 0.6) is 5.75 Å². The van der Waals surface area contributed by atoms with Crippen LogP contribution in [-0.2, 0) is 4.74 Å². The van der Waals surface area contributed by atoms with Gasteiger partial charge in [-0.2, -0.15) is 0 Å². The summed E-state index contributed by atoms with van der Waals surface area (Å²) in [5.41, 5.74) is -0.0476. The van der Waals surface area contributed by atoms with E-state index in [1.165, 1.54) is 30.4 Å². The van der Waals surface area contributed by atoms with Crippen molar-refractivity contribution in [2.75, 3.05) is 13.2 Å². The Morgan fingerprint density at radius 1 is 1.32 bits per heavy atom. The summed E-state index contributed by atoms with van der Waals surface area (Å²) < 4.78 is 9.99. The van der Waals surface area contributed by atoms with Crippen LogP contribution in [0, 0.1) is 10.1 Å². The van der Waals surface area contributed by atoms with Gasteiger partial charge in [-0.1, -0.05) is 25.3 Å². The summed E-state index contributed by atoms with van der Waals surface area (Å²) in [6.07, 6.45) is 2.88. The quantitative estimate of drug-likeness (QED) is 0.327. The molecule has 0 radical (unpaired) electrons. The Morgan fingerprint density at radius 3 is 2.58 bits per heavy atom. The van der Waals surface area contributed by atoms with Gasteiger partial charge >= 0.3 is 11.7 Å². The molecule has 0 aliphatic carbocycles. The zero-order valence-corrected chi connectivity index (χ0v) is 10.2. The first kappa shape index (κ1) is 14.4. The van der Waals surface area contributed by atoms with Gasteiger partial charge in [0, 0.05) is 12.1 Å². The Morgan fingerprint density at radius 2 is 2.00 bits per heavy atom. The van der Waals surface area contributed by atoms with Crippen molar-refractivity contribution in [3.63, 3.8) is 0 Å². The maximum Gasteiger partial charge on any atom is 0.338 e. The van der Waals surface area contributed by atoms with Crippen molar-refractivity contribution < 1.29 is 19.2 Å². The van der Waals surface area contributed by atoms with Gasteiger partial charge in [0.25, 0.3) is 0 Å². The molecule has 6 heteroatoms. The molecule has 1 aromatic carbocycles. The maximum absolute atomic E-state index is 11.6. The van der Waals surface area contributed by atoms with Gasteiger partial charge in [0.15, 0.2) is 5.75 Å². The van der Waals surface area contributed by atoms with E-state index in [1.54, 1.807) is 0 Å². The van der Waals surface area contributed by atoms with Crippen LogP contribution >= 0.6 is 0 Å². The van der Waals surface area contributed by atoms with Crippen molar-refractivity contribution in [3.8, 4) is 5.75 Å². The number of hydrogen-bond donors (Lipinski definition) is 0. The summed E-state index contributed by atoms with van der Waals surface area (Å²) in [4.78, 5) is 21.8. The number of rotatable bonds is 7. The predicted molar refractivity (Wildman–Crippen MR) is 69.3 cm³/mol. The van der Waals surface area contributed by atoms with E-state index in [2.05, 4.69) is 13.2 Å². The molecule has 0 saturated carbocycles. The number of nitro groups is 1. The lowest BCUT2D eigenvalue weighted by Gasteiger charge is -2.07. The molecule has 0 aliphatic rings. The summed E-state index contributed by atoms with van der Waals surface area (Å²) in [5.74, 6) is -0.601. The molecule has 1 aromatic rings. The molecular weight excluding hydrogens is 250 g/mol. The number of esters is 1. The van der Waals surface area contributed by atoms with E-state index >= 15 is 0 Å². The van der Waals surface area contributed by atoms with E-state index in [9.17, 15) is 14.9 Å². The standard InChI is InChI=1S/C13H13NO5/c1-3-7-18-12-9-10(13(15)19-8-4-2)5-6-11(12)14(16)17/h3-6,9H,1-2,7-8H2. The van der Waals surface area contributed by atoms with E-state index in [1.807, 2.05) is 0 Å². The highest BCUT2D eigenvalue weighted by Crippen LogP contribution is 2.28. The number of nitro benzene ring substituents is 1. The van der Waals surface area contributed by atoms with Crippen LogP contribution in [0.4, 0.5) is 5.69 Å². The predicted octanol–water partition coefficient (Wildman–Crippen LogP) is 2.50. The molecule has 0 aliphatic heterocycles. The van der Waals surface area contributed by atoms with Gasteiger partial charge in [-0.05, 0) is 6.07 Å². The number of carbonyl (C=O) groups is 1. The van der Waals surface area contributed by atoms with Gasteiger partial charge in [-0.15, -0.1) is 0 Å². The number of nitrogens with zero attached hydrogens (tertiary/aromatic N) is 1. The highest BCUT2D eigenvalue weighted by atomic mass is 16.6. The van der Waals surface area contributed by atoms with Crippen LogP contribution in [0.15, 0.2) is 43.5 Å². The highest BCUT2D eigenvalue weighted by Gasteiger charge is 2.18. The topological polar surface area (TPSA) is 78.7 Å². The zero-order valence-electron chi connectivity index (χ0n) is 10.2. The third kappa shape index (κ3) is 3.95. The average molecular weight is 263 g/mol. The molecule has 0 saturated heterocycles. The first-order valence-corrected chi connectivity index (χ1v) is 5.40. The first-order valence-electron chi connectivity index (χ1n) is 5.40. The molecule has 0 amide bonds. The molecule has 0 spiro atoms. The van der Waals surface area contributed by atoms with Gasteiger partial charge < -0.3 is 9.47 Å². The molecular formula is C13H13NO5. The summed E-state index contributed by atoms with van der Waals surface area (Å²) in [6.45, 7) is 7.04. The molecule has 0 unspecified atom stereocenters. The van der Waals surface area contributed by atoms with E-state index in [-0.39, 0.29) is 30.2 Å². The van der Waals surface area contributed by atoms with Crippen molar-refractivity contribution in [3.05, 3.63) is 59.2 Å². The Labute approximate surface area is 110 Å². The molecule has 1 rings (SSSR count). The SMILES string of the molecule is C=CCOC(=O)c1ccc([N+](=O)[O-])c(OCC=C)c1. The smallest absolute Gasteiger partial charge is 0.338 e. The molecule has 100 valence electrons. The van der Waals surface area contributed by atoms with Gasteiger partial charge in [0.05, 0.1) is 10.5 Å². The van der Waals surface area contributed by atoms with Crippen molar-refractivity contribution in [2.45, 2.75) is 0 Å². The van der Waals surface area contributed by atoms with Crippen molar-refractivity contribution >= 4 is 11.7 Å². The van der Waals surface area contributed by atoms with E-state index < -0.39 is 10.9 Å². The fourth-order valence-electron chi connectivity index (χ4n) is 1.27. The molecule has 0 fully saturated rings. The second kappa shape index (κ2) is 6.95. The van der Waals surface area contributed by atoms with Crippen LogP contribution in [0.2, 0.25) is 0 Å². The van der Waals surface area contributed by atoms with Crippen molar-refractivity contribution in [1.29, 1.82) is 0 Å². The zero-order chi connectivity index (χ0) is 14.3. The van der Waals surface area contributed by atoms with Gasteiger partial charge in [-0.3, -0.25) is 10.1 Å². The van der Waals surface area contributed by atoms with Crippen molar-refractivity contribution in [2.24, 2.45) is 0 Å². The first-order chi connectivity index (χ1) is 9.10. The minimum atomic E-state index is -0.599. The molecule has 6 nitrogen and oxygen atoms in total. The molecule has 0 atom stereocenters. The molecule has 19 heavy (non-hydrogen) atoms. The van der Waals surface area contributed by atoms with Gasteiger partial charge in [0.1, 0.15) is 13.2 Å². The van der Waals surface area contributed by atoms with E-state index in [4.69, 9.17) is 9.47 Å². The molecule has 0 bridgehead atoms. The maximum atomic E-state index is 11.6. The van der Waals surface area contributed by atoms with Gasteiger partial charge in [0.2, 0.25) is 0 Å². The molecule has 0 aromatic heterocycles.